The maximum Gasteiger partial charge on any atom is 0.242 e. The molecule has 1 aromatic rings. The summed E-state index contributed by atoms with van der Waals surface area (Å²) in [6, 6.07) is 3.35. The largest absolute Gasteiger partial charge is 0.398 e. The van der Waals surface area contributed by atoms with Gasteiger partial charge < -0.3 is 5.73 Å². The zero-order valence-electron chi connectivity index (χ0n) is 12.0. The number of aryl methyl sites for hydroxylation is 2. The molecule has 0 saturated heterocycles. The van der Waals surface area contributed by atoms with Crippen molar-refractivity contribution in [1.82, 2.24) is 4.72 Å². The molecule has 0 saturated carbocycles. The molecule has 0 fully saturated rings. The topological polar surface area (TPSA) is 72.2 Å². The van der Waals surface area contributed by atoms with Gasteiger partial charge in [0, 0.05) is 6.54 Å². The highest BCUT2D eigenvalue weighted by molar-refractivity contribution is 7.89. The van der Waals surface area contributed by atoms with Crippen molar-refractivity contribution in [1.29, 1.82) is 0 Å². The predicted molar refractivity (Wildman–Crippen MR) is 79.7 cm³/mol. The molecule has 0 heterocycles. The van der Waals surface area contributed by atoms with Gasteiger partial charge in [0.15, 0.2) is 0 Å². The second-order valence-electron chi connectivity index (χ2n) is 4.93. The van der Waals surface area contributed by atoms with Crippen LogP contribution in [0.3, 0.4) is 0 Å². The molecule has 0 unspecified atom stereocenters. The second kappa shape index (κ2) is 6.91. The molecule has 0 bridgehead atoms. The summed E-state index contributed by atoms with van der Waals surface area (Å²) in [5, 5.41) is 0. The highest BCUT2D eigenvalue weighted by atomic mass is 32.2. The molecule has 5 heteroatoms. The number of nitrogens with two attached hydrogens (primary N) is 1. The van der Waals surface area contributed by atoms with Crippen molar-refractivity contribution in [3.63, 3.8) is 0 Å². The number of nitrogens with one attached hydrogen (secondary N) is 1. The number of hydrogen-bond acceptors (Lipinski definition) is 3. The first-order chi connectivity index (χ1) is 8.88. The normalized spacial score (nSPS) is 11.7. The summed E-state index contributed by atoms with van der Waals surface area (Å²) in [4.78, 5) is 0.186. The van der Waals surface area contributed by atoms with E-state index in [1.165, 1.54) is 0 Å². The van der Waals surface area contributed by atoms with Crippen LogP contribution >= 0.6 is 0 Å². The molecule has 0 spiro atoms. The Hall–Kier alpha value is -1.07. The van der Waals surface area contributed by atoms with Gasteiger partial charge in [0.1, 0.15) is 4.90 Å². The first-order valence-electron chi connectivity index (χ1n) is 6.75. The zero-order chi connectivity index (χ0) is 14.5. The van der Waals surface area contributed by atoms with Crippen molar-refractivity contribution in [3.05, 3.63) is 23.3 Å². The average Bonchev–Trinajstić information content (AvgIpc) is 2.33. The predicted octanol–water partition coefficient (Wildman–Crippen LogP) is 2.74. The first-order valence-corrected chi connectivity index (χ1v) is 8.23. The van der Waals surface area contributed by atoms with E-state index in [2.05, 4.69) is 11.6 Å². The van der Waals surface area contributed by atoms with Gasteiger partial charge in [-0.2, -0.15) is 0 Å². The summed E-state index contributed by atoms with van der Waals surface area (Å²) in [6.07, 6.45) is 4.17. The van der Waals surface area contributed by atoms with Gasteiger partial charge in [-0.25, -0.2) is 13.1 Å². The fourth-order valence-electron chi connectivity index (χ4n) is 1.88. The Balaban J connectivity index is 2.75. The summed E-state index contributed by atoms with van der Waals surface area (Å²) in [5.74, 6) is 0. The maximum atomic E-state index is 12.2. The number of nitrogen functional groups attached to an aromatic ring is 1. The Morgan fingerprint density at radius 1 is 1.11 bits per heavy atom. The standard InChI is InChI=1S/C14H24N2O2S/c1-4-5-6-7-8-16-19(17,18)14-10-12(3)11(2)9-13(14)15/h9-10,16H,4-8,15H2,1-3H3. The van der Waals surface area contributed by atoms with Crippen LogP contribution in [0.2, 0.25) is 0 Å². The van der Waals surface area contributed by atoms with E-state index in [1.807, 2.05) is 13.8 Å². The van der Waals surface area contributed by atoms with E-state index >= 15 is 0 Å². The van der Waals surface area contributed by atoms with Crippen LogP contribution in [0.5, 0.6) is 0 Å². The van der Waals surface area contributed by atoms with Crippen LogP contribution in [0.4, 0.5) is 5.69 Å². The molecular formula is C14H24N2O2S. The van der Waals surface area contributed by atoms with Crippen LogP contribution in [0.1, 0.15) is 43.7 Å². The lowest BCUT2D eigenvalue weighted by Crippen LogP contribution is -2.25. The fraction of sp³-hybridized carbons (Fsp3) is 0.571. The summed E-state index contributed by atoms with van der Waals surface area (Å²) in [5.41, 5.74) is 8.05. The third-order valence-corrected chi connectivity index (χ3v) is 4.75. The Morgan fingerprint density at radius 2 is 1.74 bits per heavy atom. The van der Waals surface area contributed by atoms with Crippen molar-refractivity contribution in [2.45, 2.75) is 51.3 Å². The molecular weight excluding hydrogens is 260 g/mol. The highest BCUT2D eigenvalue weighted by Crippen LogP contribution is 2.22. The molecule has 0 atom stereocenters. The summed E-state index contributed by atoms with van der Waals surface area (Å²) in [7, 11) is -3.49. The van der Waals surface area contributed by atoms with E-state index in [4.69, 9.17) is 5.73 Å². The third-order valence-electron chi connectivity index (χ3n) is 3.24. The van der Waals surface area contributed by atoms with Gasteiger partial charge in [0.25, 0.3) is 0 Å². The Morgan fingerprint density at radius 3 is 2.37 bits per heavy atom. The van der Waals surface area contributed by atoms with Gasteiger partial charge in [-0.05, 0) is 43.5 Å². The molecule has 0 aliphatic heterocycles. The molecule has 19 heavy (non-hydrogen) atoms. The number of rotatable bonds is 7. The quantitative estimate of drug-likeness (QED) is 0.597. The third kappa shape index (κ3) is 4.51. The number of benzene rings is 1. The average molecular weight is 284 g/mol. The lowest BCUT2D eigenvalue weighted by atomic mass is 10.1. The smallest absolute Gasteiger partial charge is 0.242 e. The molecule has 0 radical (unpaired) electrons. The summed E-state index contributed by atoms with van der Waals surface area (Å²) in [6.45, 7) is 6.39. The minimum Gasteiger partial charge on any atom is -0.398 e. The van der Waals surface area contributed by atoms with Crippen LogP contribution in [-0.2, 0) is 10.0 Å². The van der Waals surface area contributed by atoms with Crippen molar-refractivity contribution in [2.75, 3.05) is 12.3 Å². The maximum absolute atomic E-state index is 12.2. The SMILES string of the molecule is CCCCCCNS(=O)(=O)c1cc(C)c(C)cc1N. The van der Waals surface area contributed by atoms with Gasteiger partial charge in [0.05, 0.1) is 5.69 Å². The number of hydrogen-bond donors (Lipinski definition) is 2. The molecule has 0 aliphatic carbocycles. The minimum atomic E-state index is -3.49. The van der Waals surface area contributed by atoms with Crippen molar-refractivity contribution >= 4 is 15.7 Å². The summed E-state index contributed by atoms with van der Waals surface area (Å²) >= 11 is 0. The van der Waals surface area contributed by atoms with E-state index in [0.29, 0.717) is 12.2 Å². The summed E-state index contributed by atoms with van der Waals surface area (Å²) < 4.78 is 26.9. The van der Waals surface area contributed by atoms with E-state index < -0.39 is 10.0 Å². The molecule has 3 N–H and O–H groups in total. The van der Waals surface area contributed by atoms with E-state index in [-0.39, 0.29) is 4.90 Å². The lowest BCUT2D eigenvalue weighted by Gasteiger charge is -2.11. The second-order valence-corrected chi connectivity index (χ2v) is 6.67. The number of sulfonamides is 1. The molecule has 1 aromatic carbocycles. The van der Waals surface area contributed by atoms with Crippen LogP contribution in [0, 0.1) is 13.8 Å². The molecule has 0 aromatic heterocycles. The molecule has 0 aliphatic rings. The lowest BCUT2D eigenvalue weighted by molar-refractivity contribution is 0.574. The van der Waals surface area contributed by atoms with Crippen LogP contribution in [-0.4, -0.2) is 15.0 Å². The van der Waals surface area contributed by atoms with Crippen molar-refractivity contribution in [3.8, 4) is 0 Å². The van der Waals surface area contributed by atoms with Gasteiger partial charge in [-0.15, -0.1) is 0 Å². The van der Waals surface area contributed by atoms with Crippen LogP contribution < -0.4 is 10.5 Å². The van der Waals surface area contributed by atoms with Gasteiger partial charge in [0.2, 0.25) is 10.0 Å². The van der Waals surface area contributed by atoms with Gasteiger partial charge in [-0.3, -0.25) is 0 Å². The fourth-order valence-corrected chi connectivity index (χ4v) is 3.15. The Bertz CT molecular complexity index is 524. The highest BCUT2D eigenvalue weighted by Gasteiger charge is 2.17. The molecule has 0 amide bonds. The van der Waals surface area contributed by atoms with Crippen molar-refractivity contribution in [2.24, 2.45) is 0 Å². The monoisotopic (exact) mass is 284 g/mol. The van der Waals surface area contributed by atoms with Gasteiger partial charge >= 0.3 is 0 Å². The minimum absolute atomic E-state index is 0.186. The van der Waals surface area contributed by atoms with E-state index in [0.717, 1.165) is 36.8 Å². The molecule has 1 rings (SSSR count). The van der Waals surface area contributed by atoms with Gasteiger partial charge in [-0.1, -0.05) is 26.2 Å². The first kappa shape index (κ1) is 16.0. The molecule has 108 valence electrons. The number of anilines is 1. The van der Waals surface area contributed by atoms with Crippen molar-refractivity contribution < 1.29 is 8.42 Å². The number of unbranched alkanes of at least 4 members (excludes halogenated alkanes) is 3. The van der Waals surface area contributed by atoms with Crippen LogP contribution in [0.25, 0.3) is 0 Å². The van der Waals surface area contributed by atoms with Crippen LogP contribution in [0.15, 0.2) is 17.0 Å². The zero-order valence-corrected chi connectivity index (χ0v) is 12.8. The molecule has 4 nitrogen and oxygen atoms in total. The van der Waals surface area contributed by atoms with E-state index in [1.54, 1.807) is 12.1 Å². The Kier molecular flexibility index (Phi) is 5.82. The van der Waals surface area contributed by atoms with E-state index in [9.17, 15) is 8.42 Å². The Labute approximate surface area is 116 Å².